The first-order valence-electron chi connectivity index (χ1n) is 9.10. The summed E-state index contributed by atoms with van der Waals surface area (Å²) in [6, 6.07) is 12.4. The molecule has 5 rings (SSSR count). The second kappa shape index (κ2) is 6.26. The Morgan fingerprint density at radius 2 is 1.82 bits per heavy atom. The molecular weight excluding hydrogens is 357 g/mol. The predicted molar refractivity (Wildman–Crippen MR) is 105 cm³/mol. The number of aryl methyl sites for hydroxylation is 1. The number of aromatic nitrogens is 5. The van der Waals surface area contributed by atoms with Crippen molar-refractivity contribution in [2.75, 3.05) is 11.1 Å². The van der Waals surface area contributed by atoms with Crippen LogP contribution in [0.15, 0.2) is 42.5 Å². The molecular formula is C20H18FN7. The van der Waals surface area contributed by atoms with Gasteiger partial charge in [-0.1, -0.05) is 17.7 Å². The lowest BCUT2D eigenvalue weighted by Gasteiger charge is -2.10. The van der Waals surface area contributed by atoms with Gasteiger partial charge in [0, 0.05) is 17.7 Å². The third-order valence-corrected chi connectivity index (χ3v) is 4.73. The van der Waals surface area contributed by atoms with Gasteiger partial charge in [-0.25, -0.2) is 9.37 Å². The fourth-order valence-electron chi connectivity index (χ4n) is 3.20. The highest BCUT2D eigenvalue weighted by molar-refractivity contribution is 5.78. The summed E-state index contributed by atoms with van der Waals surface area (Å²) >= 11 is 0. The number of halogens is 1. The maximum atomic E-state index is 13.7. The summed E-state index contributed by atoms with van der Waals surface area (Å²) in [5, 5.41) is 3.16. The Morgan fingerprint density at radius 3 is 2.57 bits per heavy atom. The number of nitrogens with zero attached hydrogens (tertiary/aromatic N) is 5. The fraction of sp³-hybridized carbons (Fsp3) is 0.200. The average Bonchev–Trinajstić information content (AvgIpc) is 3.44. The molecule has 140 valence electrons. The van der Waals surface area contributed by atoms with E-state index >= 15 is 0 Å². The SMILES string of the molecule is Cc1ccc(Nc2nc(N)nc(-n3c(C4CC4)nc4cc(F)ccc43)n2)cc1. The lowest BCUT2D eigenvalue weighted by molar-refractivity contribution is 0.629. The molecule has 0 radical (unpaired) electrons. The Hall–Kier alpha value is -3.55. The molecule has 3 N–H and O–H groups in total. The van der Waals surface area contributed by atoms with Gasteiger partial charge in [0.15, 0.2) is 0 Å². The van der Waals surface area contributed by atoms with Crippen LogP contribution in [0.1, 0.15) is 30.1 Å². The van der Waals surface area contributed by atoms with Crippen LogP contribution in [0.2, 0.25) is 0 Å². The zero-order chi connectivity index (χ0) is 19.3. The predicted octanol–water partition coefficient (Wildman–Crippen LogP) is 3.86. The zero-order valence-corrected chi connectivity index (χ0v) is 15.2. The molecule has 0 spiro atoms. The molecule has 0 saturated heterocycles. The van der Waals surface area contributed by atoms with E-state index in [9.17, 15) is 4.39 Å². The zero-order valence-electron chi connectivity index (χ0n) is 15.2. The Bertz CT molecular complexity index is 1180. The van der Waals surface area contributed by atoms with Crippen LogP contribution in [-0.2, 0) is 0 Å². The highest BCUT2D eigenvalue weighted by atomic mass is 19.1. The Balaban J connectivity index is 1.62. The van der Waals surface area contributed by atoms with Crippen molar-refractivity contribution in [2.24, 2.45) is 0 Å². The summed E-state index contributed by atoms with van der Waals surface area (Å²) in [5.74, 6) is 1.64. The number of rotatable bonds is 4. The lowest BCUT2D eigenvalue weighted by Crippen LogP contribution is -2.11. The van der Waals surface area contributed by atoms with E-state index in [0.29, 0.717) is 23.3 Å². The highest BCUT2D eigenvalue weighted by Crippen LogP contribution is 2.41. The molecule has 28 heavy (non-hydrogen) atoms. The monoisotopic (exact) mass is 375 g/mol. The maximum Gasteiger partial charge on any atom is 0.242 e. The number of hydrogen-bond donors (Lipinski definition) is 2. The van der Waals surface area contributed by atoms with Gasteiger partial charge in [0.1, 0.15) is 11.6 Å². The van der Waals surface area contributed by atoms with Crippen LogP contribution in [0.5, 0.6) is 0 Å². The van der Waals surface area contributed by atoms with E-state index in [2.05, 4.69) is 25.3 Å². The number of nitrogen functional groups attached to an aromatic ring is 1. The minimum atomic E-state index is -0.323. The Kier molecular flexibility index (Phi) is 3.71. The van der Waals surface area contributed by atoms with Crippen LogP contribution >= 0.6 is 0 Å². The van der Waals surface area contributed by atoms with Gasteiger partial charge >= 0.3 is 0 Å². The molecule has 7 nitrogen and oxygen atoms in total. The second-order valence-corrected chi connectivity index (χ2v) is 7.02. The fourth-order valence-corrected chi connectivity index (χ4v) is 3.20. The normalized spacial score (nSPS) is 13.8. The van der Waals surface area contributed by atoms with Gasteiger partial charge in [0.2, 0.25) is 17.8 Å². The molecule has 2 aromatic heterocycles. The summed E-state index contributed by atoms with van der Waals surface area (Å²) < 4.78 is 15.5. The van der Waals surface area contributed by atoms with Gasteiger partial charge < -0.3 is 11.1 Å². The van der Waals surface area contributed by atoms with Crippen molar-refractivity contribution in [2.45, 2.75) is 25.7 Å². The van der Waals surface area contributed by atoms with Crippen molar-refractivity contribution in [1.82, 2.24) is 24.5 Å². The summed E-state index contributed by atoms with van der Waals surface area (Å²) in [7, 11) is 0. The van der Waals surface area contributed by atoms with E-state index in [1.54, 1.807) is 6.07 Å². The molecule has 4 aromatic rings. The third-order valence-electron chi connectivity index (χ3n) is 4.73. The van der Waals surface area contributed by atoms with E-state index in [1.165, 1.54) is 12.1 Å². The molecule has 1 saturated carbocycles. The van der Waals surface area contributed by atoms with E-state index in [4.69, 9.17) is 5.73 Å². The van der Waals surface area contributed by atoms with Crippen LogP contribution < -0.4 is 11.1 Å². The van der Waals surface area contributed by atoms with Crippen LogP contribution in [0.4, 0.5) is 22.0 Å². The largest absolute Gasteiger partial charge is 0.368 e. The van der Waals surface area contributed by atoms with Gasteiger partial charge in [-0.3, -0.25) is 4.57 Å². The van der Waals surface area contributed by atoms with Gasteiger partial charge in [0.05, 0.1) is 11.0 Å². The quantitative estimate of drug-likeness (QED) is 0.562. The lowest BCUT2D eigenvalue weighted by atomic mass is 10.2. The van der Waals surface area contributed by atoms with Crippen molar-refractivity contribution >= 4 is 28.6 Å². The third kappa shape index (κ3) is 3.02. The molecule has 1 aliphatic rings. The Labute approximate surface area is 160 Å². The average molecular weight is 375 g/mol. The van der Waals surface area contributed by atoms with Crippen LogP contribution in [0.25, 0.3) is 17.0 Å². The van der Waals surface area contributed by atoms with Gasteiger partial charge in [-0.05, 0) is 44.0 Å². The summed E-state index contributed by atoms with van der Waals surface area (Å²) in [6.45, 7) is 2.02. The molecule has 1 fully saturated rings. The number of hydrogen-bond acceptors (Lipinski definition) is 6. The minimum absolute atomic E-state index is 0.102. The summed E-state index contributed by atoms with van der Waals surface area (Å²) in [6.07, 6.45) is 2.09. The maximum absolute atomic E-state index is 13.7. The molecule has 0 aliphatic heterocycles. The Morgan fingerprint density at radius 1 is 1.04 bits per heavy atom. The second-order valence-electron chi connectivity index (χ2n) is 7.02. The van der Waals surface area contributed by atoms with Crippen LogP contribution in [0, 0.1) is 12.7 Å². The molecule has 8 heteroatoms. The van der Waals surface area contributed by atoms with Crippen LogP contribution in [-0.4, -0.2) is 24.5 Å². The standard InChI is InChI=1S/C20H18FN7/c1-11-2-7-14(8-3-11)23-19-25-18(22)26-20(27-19)28-16-9-6-13(21)10-15(16)24-17(28)12-4-5-12/h2-3,6-10,12H,4-5H2,1H3,(H3,22,23,25,26,27). The number of benzene rings is 2. The van der Waals surface area contributed by atoms with Crippen molar-refractivity contribution < 1.29 is 4.39 Å². The number of imidazole rings is 1. The first-order chi connectivity index (χ1) is 13.6. The topological polar surface area (TPSA) is 94.5 Å². The number of nitrogens with one attached hydrogen (secondary N) is 1. The van der Waals surface area contributed by atoms with Gasteiger partial charge in [-0.15, -0.1) is 0 Å². The molecule has 0 atom stereocenters. The molecule has 2 heterocycles. The number of anilines is 3. The van der Waals surface area contributed by atoms with Crippen molar-refractivity contribution in [3.8, 4) is 5.95 Å². The molecule has 0 amide bonds. The van der Waals surface area contributed by atoms with Gasteiger partial charge in [-0.2, -0.15) is 15.0 Å². The molecule has 1 aliphatic carbocycles. The smallest absolute Gasteiger partial charge is 0.242 e. The van der Waals surface area contributed by atoms with Crippen LogP contribution in [0.3, 0.4) is 0 Å². The van der Waals surface area contributed by atoms with E-state index in [-0.39, 0.29) is 11.8 Å². The van der Waals surface area contributed by atoms with Crippen molar-refractivity contribution in [3.05, 3.63) is 59.7 Å². The van der Waals surface area contributed by atoms with E-state index < -0.39 is 0 Å². The minimum Gasteiger partial charge on any atom is -0.368 e. The summed E-state index contributed by atoms with van der Waals surface area (Å²) in [4.78, 5) is 17.7. The first kappa shape index (κ1) is 16.6. The molecule has 2 aromatic carbocycles. The number of fused-ring (bicyclic) bond motifs is 1. The highest BCUT2D eigenvalue weighted by Gasteiger charge is 2.31. The van der Waals surface area contributed by atoms with Crippen molar-refractivity contribution in [3.63, 3.8) is 0 Å². The summed E-state index contributed by atoms with van der Waals surface area (Å²) in [5.41, 5.74) is 9.29. The van der Waals surface area contributed by atoms with E-state index in [0.717, 1.165) is 35.4 Å². The first-order valence-corrected chi connectivity index (χ1v) is 9.10. The van der Waals surface area contributed by atoms with Crippen molar-refractivity contribution in [1.29, 1.82) is 0 Å². The number of nitrogens with two attached hydrogens (primary N) is 1. The molecule has 0 unspecified atom stereocenters. The van der Waals surface area contributed by atoms with E-state index in [1.807, 2.05) is 35.8 Å². The molecule has 0 bridgehead atoms. The van der Waals surface area contributed by atoms with Gasteiger partial charge in [0.25, 0.3) is 0 Å².